The van der Waals surface area contributed by atoms with Gasteiger partial charge in [-0.3, -0.25) is 4.98 Å². The number of esters is 1. The van der Waals surface area contributed by atoms with Gasteiger partial charge in [0.2, 0.25) is 0 Å². The second-order valence-corrected chi connectivity index (χ2v) is 11.8. The third-order valence-corrected chi connectivity index (χ3v) is 8.33. The Kier molecular flexibility index (Phi) is 10.5. The molecule has 5 rings (SSSR count). The molecule has 1 aliphatic rings. The van der Waals surface area contributed by atoms with Crippen LogP contribution in [0.25, 0.3) is 0 Å². The number of nitrogens with zero attached hydrogens (tertiary/aromatic N) is 1. The highest BCUT2D eigenvalue weighted by atomic mass is 35.5. The number of hydrogen-bond acceptors (Lipinski definition) is 5. The summed E-state index contributed by atoms with van der Waals surface area (Å²) in [6.07, 6.45) is -1.96. The number of hydrogen-bond donors (Lipinski definition) is 2. The number of carbonyl (C=O) groups excluding carboxylic acids is 2. The molecule has 47 heavy (non-hydrogen) atoms. The Morgan fingerprint density at radius 2 is 1.66 bits per heavy atom. The predicted molar refractivity (Wildman–Crippen MR) is 167 cm³/mol. The van der Waals surface area contributed by atoms with Crippen LogP contribution >= 0.6 is 11.6 Å². The van der Waals surface area contributed by atoms with Crippen LogP contribution in [-0.4, -0.2) is 36.2 Å². The van der Waals surface area contributed by atoms with Crippen molar-refractivity contribution in [1.82, 2.24) is 15.6 Å². The van der Waals surface area contributed by atoms with Crippen molar-refractivity contribution in [2.75, 3.05) is 7.11 Å². The minimum absolute atomic E-state index is 0.0399. The maximum absolute atomic E-state index is 14.9. The number of nitrogens with one attached hydrogen (secondary N) is 2. The number of urea groups is 1. The van der Waals surface area contributed by atoms with E-state index in [0.717, 1.165) is 17.7 Å². The molecule has 0 saturated heterocycles. The number of aromatic nitrogens is 1. The number of amides is 2. The summed E-state index contributed by atoms with van der Waals surface area (Å²) in [5, 5.41) is 6.10. The van der Waals surface area contributed by atoms with Gasteiger partial charge in [0.15, 0.2) is 0 Å². The summed E-state index contributed by atoms with van der Waals surface area (Å²) in [6, 6.07) is 20.0. The fraction of sp³-hybridized carbons (Fsp3) is 0.286. The van der Waals surface area contributed by atoms with E-state index in [1.807, 2.05) is 0 Å². The highest BCUT2D eigenvalue weighted by molar-refractivity contribution is 6.30. The molecule has 2 N–H and O–H groups in total. The monoisotopic (exact) mass is 669 g/mol. The number of carbonyl (C=O) groups is 2. The van der Waals surface area contributed by atoms with E-state index in [1.165, 1.54) is 25.4 Å². The molecular formula is C35H32ClF4N3O4. The van der Waals surface area contributed by atoms with Crippen LogP contribution in [-0.2, 0) is 34.2 Å². The Bertz CT molecular complexity index is 1690. The molecule has 2 amide bonds. The molecule has 1 fully saturated rings. The lowest BCUT2D eigenvalue weighted by Gasteiger charge is -2.36. The van der Waals surface area contributed by atoms with Crippen LogP contribution in [0.2, 0.25) is 5.02 Å². The summed E-state index contributed by atoms with van der Waals surface area (Å²) in [6.45, 7) is 0.300. The quantitative estimate of drug-likeness (QED) is 0.134. The molecule has 1 heterocycles. The van der Waals surface area contributed by atoms with E-state index in [2.05, 4.69) is 15.6 Å². The van der Waals surface area contributed by atoms with Crippen LogP contribution in [0.5, 0.6) is 0 Å². The fourth-order valence-electron chi connectivity index (χ4n) is 5.76. The van der Waals surface area contributed by atoms with E-state index in [1.54, 1.807) is 54.6 Å². The van der Waals surface area contributed by atoms with E-state index in [-0.39, 0.29) is 34.8 Å². The van der Waals surface area contributed by atoms with Crippen LogP contribution in [0.1, 0.15) is 57.6 Å². The second kappa shape index (κ2) is 14.5. The van der Waals surface area contributed by atoms with Gasteiger partial charge in [0.1, 0.15) is 11.4 Å². The van der Waals surface area contributed by atoms with Crippen LogP contribution < -0.4 is 10.6 Å². The maximum Gasteiger partial charge on any atom is 0.416 e. The van der Waals surface area contributed by atoms with Crippen molar-refractivity contribution >= 4 is 23.6 Å². The molecule has 1 saturated carbocycles. The van der Waals surface area contributed by atoms with Crippen molar-refractivity contribution in [3.63, 3.8) is 0 Å². The summed E-state index contributed by atoms with van der Waals surface area (Å²) in [5.74, 6) is -1.54. The van der Waals surface area contributed by atoms with Crippen molar-refractivity contribution in [3.05, 3.63) is 135 Å². The summed E-state index contributed by atoms with van der Waals surface area (Å²) >= 11 is 6.10. The van der Waals surface area contributed by atoms with Gasteiger partial charge in [-0.1, -0.05) is 54.1 Å². The number of halogens is 5. The first-order chi connectivity index (χ1) is 22.4. The molecule has 0 bridgehead atoms. The predicted octanol–water partition coefficient (Wildman–Crippen LogP) is 7.60. The van der Waals surface area contributed by atoms with Crippen molar-refractivity contribution in [2.24, 2.45) is 0 Å². The SMILES string of the molecule is COC(=O)c1ccc(CO[C@@H]2CC[C@@H](NC(=O)N[C@@](Cc3ccccc3)(c3cc(F)cc(C(F)(F)F)c3)c3ccc(Cl)cn3)C2)cc1. The zero-order valence-corrected chi connectivity index (χ0v) is 26.1. The molecular weight excluding hydrogens is 638 g/mol. The van der Waals surface area contributed by atoms with Gasteiger partial charge in [-0.05, 0) is 78.4 Å². The fourth-order valence-corrected chi connectivity index (χ4v) is 5.87. The molecule has 3 aromatic carbocycles. The van der Waals surface area contributed by atoms with Gasteiger partial charge < -0.3 is 20.1 Å². The highest BCUT2D eigenvalue weighted by Crippen LogP contribution is 2.38. The zero-order valence-electron chi connectivity index (χ0n) is 25.3. The van der Waals surface area contributed by atoms with E-state index in [9.17, 15) is 27.2 Å². The number of alkyl halides is 3. The molecule has 0 spiro atoms. The van der Waals surface area contributed by atoms with E-state index in [4.69, 9.17) is 21.1 Å². The van der Waals surface area contributed by atoms with Gasteiger partial charge in [0.05, 0.1) is 41.7 Å². The van der Waals surface area contributed by atoms with Crippen molar-refractivity contribution in [2.45, 2.75) is 56.2 Å². The van der Waals surface area contributed by atoms with Gasteiger partial charge in [0.25, 0.3) is 0 Å². The van der Waals surface area contributed by atoms with E-state index < -0.39 is 35.1 Å². The van der Waals surface area contributed by atoms with Gasteiger partial charge in [-0.2, -0.15) is 13.2 Å². The summed E-state index contributed by atoms with van der Waals surface area (Å²) in [7, 11) is 1.31. The molecule has 246 valence electrons. The average Bonchev–Trinajstić information content (AvgIpc) is 3.50. The Morgan fingerprint density at radius 1 is 0.936 bits per heavy atom. The Labute approximate surface area is 274 Å². The zero-order chi connectivity index (χ0) is 33.6. The van der Waals surface area contributed by atoms with Gasteiger partial charge in [-0.15, -0.1) is 0 Å². The van der Waals surface area contributed by atoms with Crippen molar-refractivity contribution < 1.29 is 36.6 Å². The first-order valence-electron chi connectivity index (χ1n) is 14.9. The third kappa shape index (κ3) is 8.47. The lowest BCUT2D eigenvalue weighted by atomic mass is 9.79. The van der Waals surface area contributed by atoms with Gasteiger partial charge >= 0.3 is 18.2 Å². The largest absolute Gasteiger partial charge is 0.465 e. The summed E-state index contributed by atoms with van der Waals surface area (Å²) in [5.41, 5.74) is -0.926. The molecule has 7 nitrogen and oxygen atoms in total. The van der Waals surface area contributed by atoms with E-state index >= 15 is 0 Å². The smallest absolute Gasteiger partial charge is 0.416 e. The topological polar surface area (TPSA) is 89.5 Å². The Balaban J connectivity index is 1.38. The normalized spacial score (nSPS) is 17.5. The number of rotatable bonds is 10. The molecule has 1 aromatic heterocycles. The van der Waals surface area contributed by atoms with Gasteiger partial charge in [0, 0.05) is 18.7 Å². The maximum atomic E-state index is 14.9. The minimum atomic E-state index is -4.84. The van der Waals surface area contributed by atoms with Crippen LogP contribution in [0.3, 0.4) is 0 Å². The van der Waals surface area contributed by atoms with Gasteiger partial charge in [-0.25, -0.2) is 14.0 Å². The Morgan fingerprint density at radius 3 is 2.32 bits per heavy atom. The molecule has 0 unspecified atom stereocenters. The van der Waals surface area contributed by atoms with Crippen LogP contribution in [0.15, 0.2) is 91.1 Å². The summed E-state index contributed by atoms with van der Waals surface area (Å²) < 4.78 is 67.3. The van der Waals surface area contributed by atoms with Crippen molar-refractivity contribution in [1.29, 1.82) is 0 Å². The number of methoxy groups -OCH3 is 1. The number of ether oxygens (including phenoxy) is 2. The summed E-state index contributed by atoms with van der Waals surface area (Å²) in [4.78, 5) is 29.8. The third-order valence-electron chi connectivity index (χ3n) is 8.10. The standard InChI is InChI=1S/C35H32ClF4N3O4/c1-46-32(44)24-9-7-23(8-10-24)21-47-30-13-12-29(18-30)42-33(45)43-34(19-22-5-3-2-4-6-22,31-14-11-27(36)20-41-31)25-15-26(35(38,39)40)17-28(37)16-25/h2-11,14-17,20,29-30H,12-13,18-19,21H2,1H3,(H2,42,43,45)/t29-,30-,34+/m1/s1. The number of pyridine rings is 1. The highest BCUT2D eigenvalue weighted by Gasteiger charge is 2.41. The molecule has 0 aliphatic heterocycles. The molecule has 1 aliphatic carbocycles. The van der Waals surface area contributed by atoms with E-state index in [0.29, 0.717) is 43.1 Å². The molecule has 12 heteroatoms. The first kappa shape index (κ1) is 33.9. The Hall–Kier alpha value is -4.48. The average molecular weight is 670 g/mol. The minimum Gasteiger partial charge on any atom is -0.465 e. The van der Waals surface area contributed by atoms with Crippen LogP contribution in [0, 0.1) is 5.82 Å². The lowest BCUT2D eigenvalue weighted by Crippen LogP contribution is -2.54. The molecule has 3 atom stereocenters. The molecule has 4 aromatic rings. The number of benzene rings is 3. The first-order valence-corrected chi connectivity index (χ1v) is 15.2. The van der Waals surface area contributed by atoms with Crippen LogP contribution in [0.4, 0.5) is 22.4 Å². The second-order valence-electron chi connectivity index (χ2n) is 11.4. The lowest BCUT2D eigenvalue weighted by molar-refractivity contribution is -0.137. The molecule has 0 radical (unpaired) electrons. The van der Waals surface area contributed by atoms with Crippen molar-refractivity contribution in [3.8, 4) is 0 Å².